The van der Waals surface area contributed by atoms with E-state index in [-0.39, 0.29) is 18.7 Å². The van der Waals surface area contributed by atoms with Gasteiger partial charge in [0.1, 0.15) is 11.7 Å². The van der Waals surface area contributed by atoms with Crippen LogP contribution in [-0.4, -0.2) is 81.0 Å². The van der Waals surface area contributed by atoms with Gasteiger partial charge in [-0.25, -0.2) is 0 Å². The minimum atomic E-state index is -1.95. The van der Waals surface area contributed by atoms with Crippen molar-refractivity contribution in [1.82, 2.24) is 5.32 Å². The van der Waals surface area contributed by atoms with Gasteiger partial charge >= 0.3 is 11.9 Å². The molecule has 4 aliphatic rings. The van der Waals surface area contributed by atoms with Crippen molar-refractivity contribution in [2.45, 2.75) is 154 Å². The lowest BCUT2D eigenvalue weighted by Crippen LogP contribution is -2.66. The lowest BCUT2D eigenvalue weighted by molar-refractivity contribution is -0.228. The van der Waals surface area contributed by atoms with Crippen LogP contribution in [-0.2, 0) is 28.7 Å². The molecule has 11 heteroatoms. The molecule has 2 fully saturated rings. The molecular weight excluding hydrogens is 652 g/mol. The molecule has 0 bridgehead atoms. The number of hydrogen-bond acceptors (Lipinski definition) is 10. The Balaban J connectivity index is 1.31. The summed E-state index contributed by atoms with van der Waals surface area (Å²) in [6.45, 7) is 12.9. The molecule has 0 aromatic carbocycles. The Kier molecular flexibility index (Phi) is 13.1. The third-order valence-electron chi connectivity index (χ3n) is 12.4. The summed E-state index contributed by atoms with van der Waals surface area (Å²) < 4.78 is 12.3. The fraction of sp³-hybridized carbons (Fsp3) is 0.800. The highest BCUT2D eigenvalue weighted by molar-refractivity contribution is 6.04. The van der Waals surface area contributed by atoms with E-state index in [0.717, 1.165) is 51.4 Å². The van der Waals surface area contributed by atoms with E-state index in [1.807, 2.05) is 13.8 Å². The summed E-state index contributed by atoms with van der Waals surface area (Å²) >= 11 is 0. The Hall–Kier alpha value is -2.60. The average molecular weight is 717 g/mol. The van der Waals surface area contributed by atoms with Crippen molar-refractivity contribution in [2.75, 3.05) is 13.2 Å². The summed E-state index contributed by atoms with van der Waals surface area (Å²) in [6, 6.07) is -0.441. The van der Waals surface area contributed by atoms with Crippen molar-refractivity contribution >= 4 is 23.6 Å². The number of Topliss-reactive ketones (excluding diaryl/α,β-unsaturated/α-hetero) is 1. The number of hydrogen-bond donors (Lipinski definition) is 5. The van der Waals surface area contributed by atoms with Crippen LogP contribution >= 0.6 is 0 Å². The first-order chi connectivity index (χ1) is 23.9. The number of aliphatic hydroxyl groups is 3. The number of unbranched alkanes of at least 4 members (excludes halogenated alkanes) is 8. The van der Waals surface area contributed by atoms with Crippen LogP contribution < -0.4 is 11.1 Å². The van der Waals surface area contributed by atoms with Gasteiger partial charge in [0.05, 0.1) is 18.2 Å². The van der Waals surface area contributed by atoms with Crippen molar-refractivity contribution in [3.63, 3.8) is 0 Å². The van der Waals surface area contributed by atoms with Gasteiger partial charge in [0.2, 0.25) is 5.91 Å². The van der Waals surface area contributed by atoms with Crippen LogP contribution in [0.15, 0.2) is 23.3 Å². The van der Waals surface area contributed by atoms with E-state index < -0.39 is 82.4 Å². The average Bonchev–Trinajstić information content (AvgIpc) is 3.47. The molecular formula is C40H64N2O9. The number of esters is 2. The topological polar surface area (TPSA) is 185 Å². The first-order valence-electron chi connectivity index (χ1n) is 19.3. The summed E-state index contributed by atoms with van der Waals surface area (Å²) in [7, 11) is 0. The second-order valence-corrected chi connectivity index (χ2v) is 16.9. The SMILES string of the molecule is CC(=O)O[C@@]12[C@H](OC(=O)CCCCCCCCCCCNC(=O)[C@@H](N)CC(C)C)[C@@H](C)[C@@]3(O)[C@@H](C=C(CO)C[C@]4(O)C(=O)C(C)=C[C@@H]34)[C@@H]1C2(C)C. The highest BCUT2D eigenvalue weighted by atomic mass is 16.6. The van der Waals surface area contributed by atoms with Crippen LogP contribution in [0.25, 0.3) is 0 Å². The normalized spacial score (nSPS) is 34.0. The zero-order valence-corrected chi connectivity index (χ0v) is 32.0. The van der Waals surface area contributed by atoms with Gasteiger partial charge in [-0.1, -0.05) is 91.7 Å². The molecule has 4 aliphatic carbocycles. The lowest BCUT2D eigenvalue weighted by Gasteiger charge is -2.53. The molecule has 0 heterocycles. The summed E-state index contributed by atoms with van der Waals surface area (Å²) in [5, 5.41) is 37.8. The second kappa shape index (κ2) is 16.2. The first-order valence-corrected chi connectivity index (χ1v) is 19.3. The maximum absolute atomic E-state index is 13.4. The molecule has 1 amide bonds. The number of aliphatic hydroxyl groups excluding tert-OH is 1. The number of fused-ring (bicyclic) bond motifs is 5. The van der Waals surface area contributed by atoms with E-state index in [1.165, 1.54) is 6.92 Å². The minimum absolute atomic E-state index is 0.0716. The number of carbonyl (C=O) groups is 4. The fourth-order valence-electron chi connectivity index (χ4n) is 9.85. The van der Waals surface area contributed by atoms with Crippen molar-refractivity contribution in [1.29, 1.82) is 0 Å². The Morgan fingerprint density at radius 2 is 1.59 bits per heavy atom. The molecule has 0 aromatic heterocycles. The zero-order valence-electron chi connectivity index (χ0n) is 32.0. The molecule has 0 radical (unpaired) electrons. The number of carbonyl (C=O) groups excluding carboxylic acids is 4. The van der Waals surface area contributed by atoms with Gasteiger partial charge in [-0.15, -0.1) is 0 Å². The van der Waals surface area contributed by atoms with Crippen LogP contribution in [0.2, 0.25) is 0 Å². The van der Waals surface area contributed by atoms with Crippen LogP contribution in [0.4, 0.5) is 0 Å². The largest absolute Gasteiger partial charge is 0.458 e. The monoisotopic (exact) mass is 716 g/mol. The molecule has 51 heavy (non-hydrogen) atoms. The van der Waals surface area contributed by atoms with Gasteiger partial charge in [-0.05, 0) is 43.3 Å². The smallest absolute Gasteiger partial charge is 0.306 e. The molecule has 11 nitrogen and oxygen atoms in total. The lowest BCUT2D eigenvalue weighted by atomic mass is 9.59. The number of ether oxygens (including phenoxy) is 2. The van der Waals surface area contributed by atoms with E-state index in [2.05, 4.69) is 19.2 Å². The molecule has 288 valence electrons. The molecule has 0 spiro atoms. The number of nitrogens with one attached hydrogen (secondary N) is 1. The third kappa shape index (κ3) is 7.87. The fourth-order valence-corrected chi connectivity index (χ4v) is 9.85. The van der Waals surface area contributed by atoms with Gasteiger partial charge in [0.25, 0.3) is 0 Å². The van der Waals surface area contributed by atoms with Crippen molar-refractivity contribution < 1.29 is 44.0 Å². The van der Waals surface area contributed by atoms with E-state index >= 15 is 0 Å². The molecule has 4 rings (SSSR count). The molecule has 0 aliphatic heterocycles. The highest BCUT2D eigenvalue weighted by Crippen LogP contribution is 2.77. The molecule has 0 unspecified atom stereocenters. The summed E-state index contributed by atoms with van der Waals surface area (Å²) in [4.78, 5) is 51.4. The van der Waals surface area contributed by atoms with Crippen molar-refractivity contribution in [3.05, 3.63) is 23.3 Å². The third-order valence-corrected chi connectivity index (χ3v) is 12.4. The summed E-state index contributed by atoms with van der Waals surface area (Å²) in [5.74, 6) is -4.16. The van der Waals surface area contributed by atoms with E-state index in [4.69, 9.17) is 15.2 Å². The molecule has 9 atom stereocenters. The summed E-state index contributed by atoms with van der Waals surface area (Å²) in [5.41, 5.74) is 1.07. The van der Waals surface area contributed by atoms with Crippen molar-refractivity contribution in [2.24, 2.45) is 40.7 Å². The maximum atomic E-state index is 13.4. The van der Waals surface area contributed by atoms with Crippen LogP contribution in [0, 0.1) is 35.0 Å². The molecule has 0 aromatic rings. The standard InChI is InChI=1S/C40H64N2O9/c1-24(2)19-30(41)36(47)42-18-16-14-12-10-8-9-11-13-15-17-32(45)50-35-26(4)39(49)29(33-37(6,7)40(33,35)51-27(5)44)21-28(23-43)22-38(48)31(39)20-25(3)34(38)46/h20-21,24,26,29-31,33,35,43,48-49H,8-19,22-23,41H2,1-7H3,(H,42,47)/t26-,29+,30+,31-,33-,35-,38-,39-,40-/m1/s1. The Bertz CT molecular complexity index is 1370. The Labute approximate surface area is 304 Å². The summed E-state index contributed by atoms with van der Waals surface area (Å²) in [6.07, 6.45) is 12.0. The molecule has 2 saturated carbocycles. The van der Waals surface area contributed by atoms with Gasteiger partial charge < -0.3 is 35.8 Å². The van der Waals surface area contributed by atoms with Gasteiger partial charge in [-0.3, -0.25) is 19.2 Å². The maximum Gasteiger partial charge on any atom is 0.306 e. The number of amides is 1. The van der Waals surface area contributed by atoms with E-state index in [1.54, 1.807) is 26.0 Å². The predicted molar refractivity (Wildman–Crippen MR) is 193 cm³/mol. The Morgan fingerprint density at radius 1 is 1.00 bits per heavy atom. The molecule has 0 saturated heterocycles. The van der Waals surface area contributed by atoms with Crippen LogP contribution in [0.3, 0.4) is 0 Å². The Morgan fingerprint density at radius 3 is 2.16 bits per heavy atom. The number of rotatable bonds is 18. The van der Waals surface area contributed by atoms with E-state index in [9.17, 15) is 34.5 Å². The highest BCUT2D eigenvalue weighted by Gasteiger charge is 2.87. The number of ketones is 1. The zero-order chi connectivity index (χ0) is 37.9. The minimum Gasteiger partial charge on any atom is -0.458 e. The van der Waals surface area contributed by atoms with Crippen LogP contribution in [0.5, 0.6) is 0 Å². The van der Waals surface area contributed by atoms with Crippen molar-refractivity contribution in [3.8, 4) is 0 Å². The second-order valence-electron chi connectivity index (χ2n) is 16.9. The van der Waals surface area contributed by atoms with Crippen LogP contribution in [0.1, 0.15) is 126 Å². The van der Waals surface area contributed by atoms with Gasteiger partial charge in [0, 0.05) is 55.4 Å². The molecule has 6 N–H and O–H groups in total. The quantitative estimate of drug-likeness (QED) is 0.0772. The van der Waals surface area contributed by atoms with Gasteiger partial charge in [0.15, 0.2) is 11.4 Å². The van der Waals surface area contributed by atoms with E-state index in [0.29, 0.717) is 36.5 Å². The number of nitrogens with two attached hydrogens (primary N) is 1. The first kappa shape index (κ1) is 41.2. The van der Waals surface area contributed by atoms with Gasteiger partial charge in [-0.2, -0.15) is 0 Å². The predicted octanol–water partition coefficient (Wildman–Crippen LogP) is 4.44.